The Morgan fingerprint density at radius 2 is 2.36 bits per heavy atom. The lowest BCUT2D eigenvalue weighted by molar-refractivity contribution is -0.128. The quantitative estimate of drug-likeness (QED) is 0.921. The van der Waals surface area contributed by atoms with Crippen molar-refractivity contribution in [3.8, 4) is 5.75 Å². The largest absolute Gasteiger partial charge is 0.480 e. The molecule has 2 unspecified atom stereocenters. The Balaban J connectivity index is 1.40. The number of aromatic nitrogens is 2. The van der Waals surface area contributed by atoms with E-state index in [-0.39, 0.29) is 11.9 Å². The van der Waals surface area contributed by atoms with Crippen LogP contribution in [-0.2, 0) is 24.2 Å². The van der Waals surface area contributed by atoms with Crippen molar-refractivity contribution in [2.24, 2.45) is 0 Å². The van der Waals surface area contributed by atoms with Crippen LogP contribution in [0.4, 0.5) is 0 Å². The minimum absolute atomic E-state index is 0.0547. The summed E-state index contributed by atoms with van der Waals surface area (Å²) in [5.74, 6) is 1.79. The summed E-state index contributed by atoms with van der Waals surface area (Å²) in [4.78, 5) is 16.7. The van der Waals surface area contributed by atoms with Gasteiger partial charge < -0.3 is 14.6 Å². The smallest absolute Gasteiger partial charge is 0.261 e. The highest BCUT2D eigenvalue weighted by atomic mass is 35.5. The van der Waals surface area contributed by atoms with Gasteiger partial charge in [0.2, 0.25) is 0 Å². The fraction of sp³-hybridized carbons (Fsp3) is 0.375. The second-order valence-corrected chi connectivity index (χ2v) is 6.24. The summed E-state index contributed by atoms with van der Waals surface area (Å²) in [5.41, 5.74) is 0.994. The molecular weight excluding hydrogens is 302 g/mol. The first-order valence-electron chi connectivity index (χ1n) is 7.44. The van der Waals surface area contributed by atoms with E-state index in [2.05, 4.69) is 14.9 Å². The molecule has 0 saturated carbocycles. The van der Waals surface area contributed by atoms with Crippen molar-refractivity contribution in [2.75, 3.05) is 0 Å². The molecule has 2 aromatic rings. The first kappa shape index (κ1) is 13.6. The van der Waals surface area contributed by atoms with Crippen LogP contribution in [0.3, 0.4) is 0 Å². The third-order valence-corrected chi connectivity index (χ3v) is 4.51. The van der Waals surface area contributed by atoms with Crippen molar-refractivity contribution in [1.29, 1.82) is 0 Å². The number of carbonyl (C=O) groups excluding carboxylic acids is 1. The minimum atomic E-state index is -0.461. The van der Waals surface area contributed by atoms with Crippen molar-refractivity contribution >= 4 is 17.5 Å². The monoisotopic (exact) mass is 317 g/mol. The van der Waals surface area contributed by atoms with Gasteiger partial charge in [0.1, 0.15) is 11.6 Å². The Labute approximate surface area is 133 Å². The predicted molar refractivity (Wildman–Crippen MR) is 82.1 cm³/mol. The number of ether oxygens (including phenoxy) is 1. The van der Waals surface area contributed by atoms with Crippen LogP contribution in [-0.4, -0.2) is 27.6 Å². The second-order valence-electron chi connectivity index (χ2n) is 5.80. The summed E-state index contributed by atoms with van der Waals surface area (Å²) in [5, 5.41) is 3.77. The Kier molecular flexibility index (Phi) is 3.30. The molecule has 1 aromatic carbocycles. The van der Waals surface area contributed by atoms with E-state index in [1.165, 1.54) is 0 Å². The molecule has 0 fully saturated rings. The summed E-state index contributed by atoms with van der Waals surface area (Å²) in [6.07, 6.45) is 5.67. The van der Waals surface area contributed by atoms with Gasteiger partial charge in [-0.15, -0.1) is 0 Å². The summed E-state index contributed by atoms with van der Waals surface area (Å²) in [6, 6.07) is 5.60. The first-order valence-corrected chi connectivity index (χ1v) is 7.82. The fourth-order valence-corrected chi connectivity index (χ4v) is 3.34. The van der Waals surface area contributed by atoms with Crippen LogP contribution in [0, 0.1) is 0 Å². The third-order valence-electron chi connectivity index (χ3n) is 4.27. The van der Waals surface area contributed by atoms with E-state index < -0.39 is 6.10 Å². The molecule has 3 heterocycles. The maximum absolute atomic E-state index is 12.4. The minimum Gasteiger partial charge on any atom is -0.480 e. The van der Waals surface area contributed by atoms with Gasteiger partial charge in [0, 0.05) is 42.8 Å². The molecule has 1 aromatic heterocycles. The van der Waals surface area contributed by atoms with Crippen molar-refractivity contribution in [3.05, 3.63) is 47.0 Å². The number of amides is 1. The number of imidazole rings is 1. The molecule has 6 heteroatoms. The Hall–Kier alpha value is -2.01. The first-order chi connectivity index (χ1) is 10.7. The molecule has 4 rings (SSSR count). The topological polar surface area (TPSA) is 56.2 Å². The predicted octanol–water partition coefficient (Wildman–Crippen LogP) is 1.97. The van der Waals surface area contributed by atoms with Gasteiger partial charge >= 0.3 is 0 Å². The highest BCUT2D eigenvalue weighted by molar-refractivity contribution is 6.30. The zero-order valence-corrected chi connectivity index (χ0v) is 12.7. The van der Waals surface area contributed by atoms with Gasteiger partial charge in [-0.2, -0.15) is 0 Å². The molecule has 0 aliphatic carbocycles. The standard InChI is InChI=1S/C16H16ClN3O2/c17-11-1-3-13-10(7-11)8-14(22-13)16(21)19-12-2-4-15-18-5-6-20(15)9-12/h1,3,5-7,12,14H,2,4,8-9H2,(H,19,21). The lowest BCUT2D eigenvalue weighted by Gasteiger charge is -2.25. The van der Waals surface area contributed by atoms with E-state index in [1.807, 2.05) is 18.3 Å². The molecule has 0 bridgehead atoms. The van der Waals surface area contributed by atoms with Gasteiger partial charge in [-0.25, -0.2) is 4.98 Å². The number of hydrogen-bond donors (Lipinski definition) is 1. The molecule has 0 radical (unpaired) electrons. The van der Waals surface area contributed by atoms with Crippen molar-refractivity contribution in [3.63, 3.8) is 0 Å². The fourth-order valence-electron chi connectivity index (χ4n) is 3.14. The van der Waals surface area contributed by atoms with Gasteiger partial charge in [-0.05, 0) is 30.2 Å². The van der Waals surface area contributed by atoms with Crippen LogP contribution in [0.5, 0.6) is 5.75 Å². The van der Waals surface area contributed by atoms with E-state index in [0.29, 0.717) is 11.4 Å². The van der Waals surface area contributed by atoms with Crippen molar-refractivity contribution < 1.29 is 9.53 Å². The van der Waals surface area contributed by atoms with Crippen LogP contribution in [0.1, 0.15) is 17.8 Å². The maximum atomic E-state index is 12.4. The number of halogens is 1. The zero-order valence-electron chi connectivity index (χ0n) is 12.0. The molecule has 1 amide bonds. The number of nitrogens with zero attached hydrogens (tertiary/aromatic N) is 2. The molecule has 2 atom stereocenters. The molecule has 2 aliphatic rings. The molecular formula is C16H16ClN3O2. The number of aryl methyl sites for hydroxylation is 1. The molecule has 2 aliphatic heterocycles. The second kappa shape index (κ2) is 5.32. The van der Waals surface area contributed by atoms with Crippen LogP contribution in [0.2, 0.25) is 5.02 Å². The number of benzene rings is 1. The number of carbonyl (C=O) groups is 1. The van der Waals surface area contributed by atoms with Crippen LogP contribution in [0.15, 0.2) is 30.6 Å². The van der Waals surface area contributed by atoms with E-state index >= 15 is 0 Å². The maximum Gasteiger partial charge on any atom is 0.261 e. The van der Waals surface area contributed by atoms with Crippen molar-refractivity contribution in [1.82, 2.24) is 14.9 Å². The number of fused-ring (bicyclic) bond motifs is 2. The third kappa shape index (κ3) is 2.46. The summed E-state index contributed by atoms with van der Waals surface area (Å²) in [6.45, 7) is 0.770. The summed E-state index contributed by atoms with van der Waals surface area (Å²) >= 11 is 5.98. The Morgan fingerprint density at radius 1 is 1.45 bits per heavy atom. The molecule has 1 N–H and O–H groups in total. The van der Waals surface area contributed by atoms with Gasteiger partial charge in [0.15, 0.2) is 6.10 Å². The lowest BCUT2D eigenvalue weighted by Crippen LogP contribution is -2.46. The number of nitrogens with one attached hydrogen (secondary N) is 1. The molecule has 5 nitrogen and oxygen atoms in total. The number of hydrogen-bond acceptors (Lipinski definition) is 3. The highest BCUT2D eigenvalue weighted by Crippen LogP contribution is 2.31. The molecule has 0 spiro atoms. The van der Waals surface area contributed by atoms with E-state index in [4.69, 9.17) is 16.3 Å². The Morgan fingerprint density at radius 3 is 3.27 bits per heavy atom. The number of rotatable bonds is 2. The van der Waals surface area contributed by atoms with Crippen LogP contribution >= 0.6 is 11.6 Å². The average molecular weight is 318 g/mol. The zero-order chi connectivity index (χ0) is 15.1. The average Bonchev–Trinajstić information content (AvgIpc) is 3.12. The van der Waals surface area contributed by atoms with Gasteiger partial charge in [0.25, 0.3) is 5.91 Å². The highest BCUT2D eigenvalue weighted by Gasteiger charge is 2.31. The van der Waals surface area contributed by atoms with Crippen LogP contribution in [0.25, 0.3) is 0 Å². The summed E-state index contributed by atoms with van der Waals surface area (Å²) < 4.78 is 7.83. The van der Waals surface area contributed by atoms with Gasteiger partial charge in [-0.3, -0.25) is 4.79 Å². The molecule has 0 saturated heterocycles. The van der Waals surface area contributed by atoms with Crippen molar-refractivity contribution in [2.45, 2.75) is 38.0 Å². The molecule has 114 valence electrons. The summed E-state index contributed by atoms with van der Waals surface area (Å²) in [7, 11) is 0. The van der Waals surface area contributed by atoms with Gasteiger partial charge in [0.05, 0.1) is 0 Å². The SMILES string of the molecule is O=C(NC1CCc2nccn2C1)C1Cc2cc(Cl)ccc2O1. The van der Waals surface area contributed by atoms with Gasteiger partial charge in [-0.1, -0.05) is 11.6 Å². The molecule has 22 heavy (non-hydrogen) atoms. The van der Waals surface area contributed by atoms with E-state index in [1.54, 1.807) is 12.3 Å². The Bertz CT molecular complexity index is 728. The van der Waals surface area contributed by atoms with Crippen LogP contribution < -0.4 is 10.1 Å². The van der Waals surface area contributed by atoms with E-state index in [0.717, 1.165) is 36.5 Å². The lowest BCUT2D eigenvalue weighted by atomic mass is 10.1. The normalized spacial score (nSPS) is 22.6. The van der Waals surface area contributed by atoms with E-state index in [9.17, 15) is 4.79 Å².